The average molecular weight is 643 g/mol. The number of aromatic nitrogens is 4. The zero-order valence-electron chi connectivity index (χ0n) is 20.8. The first-order valence-corrected chi connectivity index (χ1v) is 13.0. The van der Waals surface area contributed by atoms with E-state index in [1.165, 1.54) is 6.07 Å². The summed E-state index contributed by atoms with van der Waals surface area (Å²) < 4.78 is 0. The number of hydrogen-bond acceptors (Lipinski definition) is 6. The summed E-state index contributed by atoms with van der Waals surface area (Å²) in [5.74, 6) is 0.488. The van der Waals surface area contributed by atoms with E-state index in [0.29, 0.717) is 48.0 Å². The molecular formula is C24H21Cl5N10O. The van der Waals surface area contributed by atoms with Crippen molar-refractivity contribution >= 4 is 93.2 Å². The molecule has 2 aromatic heterocycles. The Kier molecular flexibility index (Phi) is 10.9. The SMILES string of the molecule is Cc1cc(=O)[nH]c(N=C(N)Nc2ccc(Cl)c(Cl)c2)n1.Cc1cc(Cl)nc(N=C(N)Nc2ccc(Cl)c(Cl)c2)n1. The summed E-state index contributed by atoms with van der Waals surface area (Å²) in [7, 11) is 0. The molecule has 0 spiro atoms. The predicted molar refractivity (Wildman–Crippen MR) is 164 cm³/mol. The van der Waals surface area contributed by atoms with Gasteiger partial charge in [-0.1, -0.05) is 58.0 Å². The summed E-state index contributed by atoms with van der Waals surface area (Å²) in [6.45, 7) is 3.48. The van der Waals surface area contributed by atoms with Gasteiger partial charge in [-0.3, -0.25) is 9.78 Å². The van der Waals surface area contributed by atoms with Crippen molar-refractivity contribution in [3.05, 3.63) is 95.5 Å². The summed E-state index contributed by atoms with van der Waals surface area (Å²) >= 11 is 29.2. The fourth-order valence-electron chi connectivity index (χ4n) is 2.90. The summed E-state index contributed by atoms with van der Waals surface area (Å²) in [5.41, 5.74) is 13.7. The van der Waals surface area contributed by atoms with Crippen molar-refractivity contribution < 1.29 is 0 Å². The Labute approximate surface area is 253 Å². The maximum atomic E-state index is 11.3. The molecule has 7 N–H and O–H groups in total. The van der Waals surface area contributed by atoms with E-state index >= 15 is 0 Å². The van der Waals surface area contributed by atoms with Crippen LogP contribution in [0.15, 0.2) is 63.3 Å². The number of aliphatic imine (C=N–C) groups is 2. The molecule has 208 valence electrons. The van der Waals surface area contributed by atoms with Gasteiger partial charge in [0, 0.05) is 28.8 Å². The molecule has 40 heavy (non-hydrogen) atoms. The van der Waals surface area contributed by atoms with Gasteiger partial charge in [0.05, 0.1) is 20.1 Å². The number of H-pyrrole nitrogens is 1. The van der Waals surface area contributed by atoms with Crippen LogP contribution in [0.3, 0.4) is 0 Å². The Morgan fingerprint density at radius 3 is 1.75 bits per heavy atom. The van der Waals surface area contributed by atoms with E-state index in [1.807, 2.05) is 0 Å². The molecule has 4 aromatic rings. The minimum atomic E-state index is -0.293. The lowest BCUT2D eigenvalue weighted by Gasteiger charge is -2.06. The number of rotatable bonds is 4. The number of benzene rings is 2. The number of aromatic amines is 1. The van der Waals surface area contributed by atoms with Crippen molar-refractivity contribution in [3.8, 4) is 0 Å². The molecule has 0 amide bonds. The van der Waals surface area contributed by atoms with Crippen LogP contribution in [-0.4, -0.2) is 31.9 Å². The second-order valence-electron chi connectivity index (χ2n) is 7.84. The number of anilines is 2. The summed E-state index contributed by atoms with van der Waals surface area (Å²) in [5, 5.41) is 7.70. The fraction of sp³-hybridized carbons (Fsp3) is 0.0833. The van der Waals surface area contributed by atoms with Gasteiger partial charge in [0.25, 0.3) is 11.5 Å². The first-order chi connectivity index (χ1) is 18.9. The normalized spacial score (nSPS) is 11.5. The third kappa shape index (κ3) is 9.85. The molecule has 0 aliphatic rings. The van der Waals surface area contributed by atoms with Crippen molar-refractivity contribution in [2.24, 2.45) is 21.5 Å². The molecule has 0 aliphatic heterocycles. The molecule has 0 bridgehead atoms. The molecule has 0 radical (unpaired) electrons. The van der Waals surface area contributed by atoms with Gasteiger partial charge < -0.3 is 22.1 Å². The fourth-order valence-corrected chi connectivity index (χ4v) is 3.73. The van der Waals surface area contributed by atoms with Gasteiger partial charge in [-0.05, 0) is 56.3 Å². The van der Waals surface area contributed by atoms with Crippen molar-refractivity contribution in [1.29, 1.82) is 0 Å². The molecule has 2 aromatic carbocycles. The Hall–Kier alpha value is -3.61. The lowest BCUT2D eigenvalue weighted by molar-refractivity contribution is 1.05. The molecule has 0 aliphatic carbocycles. The van der Waals surface area contributed by atoms with Crippen molar-refractivity contribution in [3.63, 3.8) is 0 Å². The topological polar surface area (TPSA) is 172 Å². The molecule has 11 nitrogen and oxygen atoms in total. The minimum Gasteiger partial charge on any atom is -0.369 e. The van der Waals surface area contributed by atoms with Crippen LogP contribution in [0.1, 0.15) is 11.4 Å². The van der Waals surface area contributed by atoms with Gasteiger partial charge in [0.2, 0.25) is 17.9 Å². The highest BCUT2D eigenvalue weighted by Crippen LogP contribution is 2.26. The lowest BCUT2D eigenvalue weighted by Crippen LogP contribution is -2.22. The number of aryl methyl sites for hydroxylation is 2. The third-order valence-corrected chi connectivity index (χ3v) is 6.17. The molecule has 0 saturated heterocycles. The van der Waals surface area contributed by atoms with E-state index < -0.39 is 0 Å². The van der Waals surface area contributed by atoms with Crippen LogP contribution in [0, 0.1) is 13.8 Å². The van der Waals surface area contributed by atoms with Gasteiger partial charge in [-0.15, -0.1) is 0 Å². The van der Waals surface area contributed by atoms with Gasteiger partial charge in [0.15, 0.2) is 0 Å². The van der Waals surface area contributed by atoms with Gasteiger partial charge in [-0.25, -0.2) is 9.97 Å². The van der Waals surface area contributed by atoms with E-state index in [9.17, 15) is 4.79 Å². The van der Waals surface area contributed by atoms with E-state index in [0.717, 1.165) is 0 Å². The number of nitrogens with two attached hydrogens (primary N) is 2. The highest BCUT2D eigenvalue weighted by Gasteiger charge is 2.04. The standard InChI is InChI=1S/C12H10Cl3N5.C12H11Cl2N5O/c1-6-4-10(15)19-12(17-6)20-11(16)18-7-2-3-8(13)9(14)5-7;1-6-4-10(20)18-12(16-6)19-11(15)17-7-2-3-8(13)9(14)5-7/h2-5H,1H3,(H3,16,17,18,19,20);2-5H,1H3,(H4,15,16,17,18,19,20). The molecular weight excluding hydrogens is 622 g/mol. The zero-order chi connectivity index (χ0) is 29.4. The van der Waals surface area contributed by atoms with Crippen LogP contribution in [0.25, 0.3) is 0 Å². The first-order valence-electron chi connectivity index (χ1n) is 11.1. The van der Waals surface area contributed by atoms with Crippen LogP contribution >= 0.6 is 58.0 Å². The van der Waals surface area contributed by atoms with Gasteiger partial charge in [0.1, 0.15) is 5.15 Å². The summed E-state index contributed by atoms with van der Waals surface area (Å²) in [6, 6.07) is 12.9. The van der Waals surface area contributed by atoms with Crippen LogP contribution in [0.4, 0.5) is 23.3 Å². The monoisotopic (exact) mass is 640 g/mol. The predicted octanol–water partition coefficient (Wildman–Crippen LogP) is 6.25. The number of guanidine groups is 2. The van der Waals surface area contributed by atoms with E-state index in [4.69, 9.17) is 69.5 Å². The molecule has 4 rings (SSSR count). The third-order valence-electron chi connectivity index (χ3n) is 4.50. The van der Waals surface area contributed by atoms with E-state index in [2.05, 4.69) is 40.6 Å². The summed E-state index contributed by atoms with van der Waals surface area (Å²) in [6.07, 6.45) is 0. The zero-order valence-corrected chi connectivity index (χ0v) is 24.6. The van der Waals surface area contributed by atoms with Gasteiger partial charge in [-0.2, -0.15) is 15.0 Å². The Morgan fingerprint density at radius 2 is 1.25 bits per heavy atom. The van der Waals surface area contributed by atoms with Crippen LogP contribution in [-0.2, 0) is 0 Å². The van der Waals surface area contributed by atoms with Crippen molar-refractivity contribution in [1.82, 2.24) is 19.9 Å². The molecule has 2 heterocycles. The van der Waals surface area contributed by atoms with Crippen molar-refractivity contribution in [2.75, 3.05) is 10.6 Å². The first kappa shape index (κ1) is 30.9. The maximum absolute atomic E-state index is 11.3. The maximum Gasteiger partial charge on any atom is 0.254 e. The largest absolute Gasteiger partial charge is 0.369 e. The second-order valence-corrected chi connectivity index (χ2v) is 9.86. The number of hydrogen-bond donors (Lipinski definition) is 5. The molecule has 0 atom stereocenters. The average Bonchev–Trinajstić information content (AvgIpc) is 2.83. The van der Waals surface area contributed by atoms with Crippen LogP contribution in [0.2, 0.25) is 25.2 Å². The van der Waals surface area contributed by atoms with Gasteiger partial charge >= 0.3 is 0 Å². The highest BCUT2D eigenvalue weighted by molar-refractivity contribution is 6.42. The molecule has 0 unspecified atom stereocenters. The minimum absolute atomic E-state index is 0.0668. The Morgan fingerprint density at radius 1 is 0.725 bits per heavy atom. The van der Waals surface area contributed by atoms with Crippen LogP contribution < -0.4 is 27.7 Å². The molecule has 0 saturated carbocycles. The number of halogens is 5. The molecule has 16 heteroatoms. The molecule has 0 fully saturated rings. The second kappa shape index (κ2) is 14.1. The smallest absolute Gasteiger partial charge is 0.254 e. The quantitative estimate of drug-likeness (QED) is 0.0988. The van der Waals surface area contributed by atoms with E-state index in [1.54, 1.807) is 56.3 Å². The number of nitrogens with one attached hydrogen (secondary N) is 3. The van der Waals surface area contributed by atoms with Crippen LogP contribution in [0.5, 0.6) is 0 Å². The lowest BCUT2D eigenvalue weighted by atomic mass is 10.3. The Balaban J connectivity index is 0.000000220. The highest BCUT2D eigenvalue weighted by atomic mass is 35.5. The van der Waals surface area contributed by atoms with Crippen molar-refractivity contribution in [2.45, 2.75) is 13.8 Å². The Bertz CT molecular complexity index is 1620. The summed E-state index contributed by atoms with van der Waals surface area (Å²) in [4.78, 5) is 33.8. The van der Waals surface area contributed by atoms with E-state index in [-0.39, 0.29) is 29.4 Å². The number of nitrogens with zero attached hydrogens (tertiary/aromatic N) is 5.